The van der Waals surface area contributed by atoms with Gasteiger partial charge in [0.15, 0.2) is 0 Å². The van der Waals surface area contributed by atoms with Crippen LogP contribution in [0.1, 0.15) is 85.5 Å². The molecule has 1 rings (SSSR count). The van der Waals surface area contributed by atoms with Gasteiger partial charge in [-0.25, -0.2) is 0 Å². The first kappa shape index (κ1) is 16.8. The molecule has 19 heavy (non-hydrogen) atoms. The number of rotatable bonds is 9. The number of allylic oxidation sites excluding steroid dienone is 4. The van der Waals surface area contributed by atoms with E-state index in [4.69, 9.17) is 0 Å². The van der Waals surface area contributed by atoms with Crippen molar-refractivity contribution in [1.29, 1.82) is 0 Å². The van der Waals surface area contributed by atoms with Gasteiger partial charge in [-0.05, 0) is 44.6 Å². The minimum atomic E-state index is -0.732. The van der Waals surface area contributed by atoms with Crippen LogP contribution in [-0.4, -0.2) is 8.80 Å². The molecular weight excluding hydrogens is 244 g/mol. The topological polar surface area (TPSA) is 0 Å². The highest BCUT2D eigenvalue weighted by Crippen LogP contribution is 2.39. The summed E-state index contributed by atoms with van der Waals surface area (Å²) in [5, 5.41) is 3.75. The van der Waals surface area contributed by atoms with Crippen molar-refractivity contribution in [1.82, 2.24) is 0 Å². The first-order valence-corrected chi connectivity index (χ1v) is 10.9. The van der Waals surface area contributed by atoms with Crippen LogP contribution in [0.15, 0.2) is 21.5 Å². The minimum Gasteiger partial charge on any atom is -0.0791 e. The van der Waals surface area contributed by atoms with Crippen molar-refractivity contribution in [2.24, 2.45) is 0 Å². The summed E-state index contributed by atoms with van der Waals surface area (Å²) in [4.78, 5) is 0. The Balaban J connectivity index is 2.91. The summed E-state index contributed by atoms with van der Waals surface area (Å²) in [6.07, 6.45) is 12.3. The summed E-state index contributed by atoms with van der Waals surface area (Å²) >= 11 is 0. The van der Waals surface area contributed by atoms with Crippen molar-refractivity contribution >= 4 is 8.80 Å². The van der Waals surface area contributed by atoms with Crippen LogP contribution < -0.4 is 0 Å². The van der Waals surface area contributed by atoms with E-state index in [1.807, 2.05) is 16.0 Å². The lowest BCUT2D eigenvalue weighted by molar-refractivity contribution is 0.740. The Morgan fingerprint density at radius 3 is 1.74 bits per heavy atom. The number of hydrogen-bond acceptors (Lipinski definition) is 0. The predicted molar refractivity (Wildman–Crippen MR) is 91.3 cm³/mol. The zero-order valence-corrected chi connectivity index (χ0v) is 15.1. The van der Waals surface area contributed by atoms with Gasteiger partial charge in [0.25, 0.3) is 0 Å². The Labute approximate surface area is 123 Å². The van der Waals surface area contributed by atoms with Crippen LogP contribution in [0.5, 0.6) is 0 Å². The van der Waals surface area contributed by atoms with Gasteiger partial charge in [0.1, 0.15) is 0 Å². The highest BCUT2D eigenvalue weighted by atomic mass is 28.3. The lowest BCUT2D eigenvalue weighted by Gasteiger charge is -2.13. The van der Waals surface area contributed by atoms with Gasteiger partial charge in [-0.15, -0.1) is 0 Å². The summed E-state index contributed by atoms with van der Waals surface area (Å²) in [6, 6.07) is 0. The average Bonchev–Trinajstić information content (AvgIpc) is 2.64. The third-order valence-electron chi connectivity index (χ3n) is 4.76. The van der Waals surface area contributed by atoms with E-state index >= 15 is 0 Å². The molecule has 0 aromatic carbocycles. The Morgan fingerprint density at radius 2 is 1.21 bits per heavy atom. The molecule has 1 heterocycles. The maximum absolute atomic E-state index is 2.57. The fourth-order valence-electron chi connectivity index (χ4n) is 3.32. The fourth-order valence-corrected chi connectivity index (χ4v) is 6.16. The molecule has 0 amide bonds. The molecule has 1 aliphatic heterocycles. The van der Waals surface area contributed by atoms with E-state index in [1.165, 1.54) is 57.8 Å². The number of hydrogen-bond donors (Lipinski definition) is 0. The maximum Gasteiger partial charge on any atom is 0.0899 e. The van der Waals surface area contributed by atoms with E-state index in [-0.39, 0.29) is 0 Å². The zero-order valence-electron chi connectivity index (χ0n) is 13.9. The third kappa shape index (κ3) is 4.34. The average molecular weight is 279 g/mol. The van der Waals surface area contributed by atoms with E-state index in [1.54, 1.807) is 5.57 Å². The van der Waals surface area contributed by atoms with Gasteiger partial charge < -0.3 is 0 Å². The molecule has 1 aliphatic rings. The molecule has 1 atom stereocenters. The van der Waals surface area contributed by atoms with E-state index in [2.05, 4.69) is 34.2 Å². The maximum atomic E-state index is 2.57. The monoisotopic (exact) mass is 278 g/mol. The van der Waals surface area contributed by atoms with E-state index in [0.717, 1.165) is 0 Å². The summed E-state index contributed by atoms with van der Waals surface area (Å²) < 4.78 is 0. The molecule has 0 saturated heterocycles. The smallest absolute Gasteiger partial charge is 0.0791 e. The Kier molecular flexibility index (Phi) is 7.75. The van der Waals surface area contributed by atoms with Crippen molar-refractivity contribution in [2.75, 3.05) is 0 Å². The normalized spacial score (nSPS) is 19.7. The highest BCUT2D eigenvalue weighted by molar-refractivity contribution is 6.74. The molecule has 0 N–H and O–H groups in total. The van der Waals surface area contributed by atoms with Gasteiger partial charge in [0, 0.05) is 0 Å². The molecule has 0 aromatic rings. The summed E-state index contributed by atoms with van der Waals surface area (Å²) in [5.74, 6) is 0. The molecule has 1 unspecified atom stereocenters. The van der Waals surface area contributed by atoms with Crippen LogP contribution >= 0.6 is 0 Å². The quantitative estimate of drug-likeness (QED) is 0.446. The van der Waals surface area contributed by atoms with E-state index in [9.17, 15) is 0 Å². The van der Waals surface area contributed by atoms with Crippen LogP contribution in [-0.2, 0) is 0 Å². The lowest BCUT2D eigenvalue weighted by atomic mass is 9.94. The van der Waals surface area contributed by atoms with Gasteiger partial charge in [0.2, 0.25) is 0 Å². The van der Waals surface area contributed by atoms with Crippen LogP contribution in [0, 0.1) is 0 Å². The molecular formula is C18H34Si. The van der Waals surface area contributed by atoms with Crippen LogP contribution in [0.2, 0.25) is 6.55 Å². The van der Waals surface area contributed by atoms with Crippen molar-refractivity contribution < 1.29 is 0 Å². The van der Waals surface area contributed by atoms with Gasteiger partial charge in [0.05, 0.1) is 8.80 Å². The molecule has 0 saturated carbocycles. The molecule has 110 valence electrons. The second kappa shape index (κ2) is 8.79. The van der Waals surface area contributed by atoms with Crippen LogP contribution in [0.3, 0.4) is 0 Å². The lowest BCUT2D eigenvalue weighted by Crippen LogP contribution is -2.11. The van der Waals surface area contributed by atoms with Gasteiger partial charge in [-0.1, -0.05) is 69.0 Å². The SMILES string of the molecule is CCCCC1=C(C)[SiH](C)C(CCCC)=C1CCCC. The molecule has 1 heteroatoms. The Hall–Kier alpha value is -0.303. The summed E-state index contributed by atoms with van der Waals surface area (Å²) in [5.41, 5.74) is 3.64. The molecule has 0 spiro atoms. The van der Waals surface area contributed by atoms with Crippen molar-refractivity contribution in [2.45, 2.75) is 92.0 Å². The van der Waals surface area contributed by atoms with Crippen molar-refractivity contribution in [3.05, 3.63) is 21.5 Å². The molecule has 0 fully saturated rings. The minimum absolute atomic E-state index is 0.732. The van der Waals surface area contributed by atoms with Gasteiger partial charge >= 0.3 is 0 Å². The second-order valence-electron chi connectivity index (χ2n) is 6.20. The van der Waals surface area contributed by atoms with E-state index < -0.39 is 8.80 Å². The molecule has 0 bridgehead atoms. The molecule has 0 aliphatic carbocycles. The zero-order chi connectivity index (χ0) is 14.3. The summed E-state index contributed by atoms with van der Waals surface area (Å²) in [7, 11) is -0.732. The van der Waals surface area contributed by atoms with Crippen LogP contribution in [0.25, 0.3) is 0 Å². The number of unbranched alkanes of at least 4 members (excludes halogenated alkanes) is 3. The van der Waals surface area contributed by atoms with Crippen molar-refractivity contribution in [3.8, 4) is 0 Å². The second-order valence-corrected chi connectivity index (χ2v) is 9.20. The first-order valence-electron chi connectivity index (χ1n) is 8.59. The van der Waals surface area contributed by atoms with Crippen molar-refractivity contribution in [3.63, 3.8) is 0 Å². The van der Waals surface area contributed by atoms with Gasteiger partial charge in [-0.2, -0.15) is 0 Å². The molecule has 0 radical (unpaired) electrons. The third-order valence-corrected chi connectivity index (χ3v) is 8.09. The molecule has 0 nitrogen and oxygen atoms in total. The standard InChI is InChI=1S/C18H34Si/c1-6-9-12-16-15(4)19(5)18(14-11-8-3)17(16)13-10-7-2/h19H,6-14H2,1-5H3. The van der Waals surface area contributed by atoms with Gasteiger partial charge in [-0.3, -0.25) is 0 Å². The molecule has 0 aromatic heterocycles. The first-order chi connectivity index (χ1) is 9.17. The Bertz CT molecular complexity index is 336. The predicted octanol–water partition coefficient (Wildman–Crippen LogP) is 6.12. The fraction of sp³-hybridized carbons (Fsp3) is 0.778. The van der Waals surface area contributed by atoms with E-state index in [0.29, 0.717) is 0 Å². The largest absolute Gasteiger partial charge is 0.0899 e. The highest BCUT2D eigenvalue weighted by Gasteiger charge is 2.27. The Morgan fingerprint density at radius 1 is 0.737 bits per heavy atom. The summed E-state index contributed by atoms with van der Waals surface area (Å²) in [6.45, 7) is 12.0. The van der Waals surface area contributed by atoms with Crippen LogP contribution in [0.4, 0.5) is 0 Å².